The number of Topliss-reactive ketones (excluding diaryl/α,β-unsaturated/α-hetero) is 1. The van der Waals surface area contributed by atoms with Gasteiger partial charge in [0.1, 0.15) is 12.5 Å². The number of piperidine rings is 1. The van der Waals surface area contributed by atoms with E-state index in [-0.39, 0.29) is 12.5 Å². The highest BCUT2D eigenvalue weighted by molar-refractivity contribution is 5.81. The van der Waals surface area contributed by atoms with Crippen molar-refractivity contribution in [1.29, 1.82) is 0 Å². The van der Waals surface area contributed by atoms with Crippen molar-refractivity contribution < 1.29 is 9.18 Å². The summed E-state index contributed by atoms with van der Waals surface area (Å²) in [7, 11) is 0. The molecule has 0 bridgehead atoms. The normalized spacial score (nSPS) is 21.5. The van der Waals surface area contributed by atoms with Crippen molar-refractivity contribution in [3.63, 3.8) is 0 Å². The minimum absolute atomic E-state index is 0.250. The van der Waals surface area contributed by atoms with Crippen LogP contribution in [0.1, 0.15) is 12.8 Å². The predicted octanol–water partition coefficient (Wildman–Crippen LogP) is 0.621. The van der Waals surface area contributed by atoms with Gasteiger partial charge in [-0.15, -0.1) is 0 Å². The molecule has 0 saturated carbocycles. The van der Waals surface area contributed by atoms with Crippen LogP contribution >= 0.6 is 0 Å². The van der Waals surface area contributed by atoms with E-state index in [4.69, 9.17) is 0 Å². The lowest BCUT2D eigenvalue weighted by Crippen LogP contribution is -2.36. The molecule has 0 aromatic carbocycles. The summed E-state index contributed by atoms with van der Waals surface area (Å²) < 4.78 is 11.8. The summed E-state index contributed by atoms with van der Waals surface area (Å²) in [5.74, 6) is 0.250. The summed E-state index contributed by atoms with van der Waals surface area (Å²) in [5.41, 5.74) is 0. The topological polar surface area (TPSA) is 20.3 Å². The first-order chi connectivity index (χ1) is 4.83. The molecule has 0 aliphatic carbocycles. The zero-order valence-electron chi connectivity index (χ0n) is 5.98. The maximum atomic E-state index is 11.8. The third kappa shape index (κ3) is 2.06. The van der Waals surface area contributed by atoms with Gasteiger partial charge in [-0.05, 0) is 13.0 Å². The smallest absolute Gasteiger partial charge is 0.146 e. The zero-order valence-corrected chi connectivity index (χ0v) is 5.98. The number of carbonyl (C=O) groups is 1. The molecule has 10 heavy (non-hydrogen) atoms. The lowest BCUT2D eigenvalue weighted by molar-refractivity contribution is -0.122. The van der Waals surface area contributed by atoms with E-state index in [2.05, 4.69) is 0 Å². The van der Waals surface area contributed by atoms with Crippen molar-refractivity contribution in [3.05, 3.63) is 0 Å². The maximum Gasteiger partial charge on any atom is 0.146 e. The summed E-state index contributed by atoms with van der Waals surface area (Å²) >= 11 is 0. The van der Waals surface area contributed by atoms with Crippen LogP contribution in [0.25, 0.3) is 0 Å². The van der Waals surface area contributed by atoms with E-state index in [1.165, 1.54) is 0 Å². The Morgan fingerprint density at radius 1 is 1.60 bits per heavy atom. The molecule has 2 nitrogen and oxygen atoms in total. The van der Waals surface area contributed by atoms with Gasteiger partial charge in [0.05, 0.1) is 6.54 Å². The Bertz CT molecular complexity index is 125. The molecular weight excluding hydrogens is 133 g/mol. The Labute approximate surface area is 60.0 Å². The number of hydrogen-bond donors (Lipinski definition) is 0. The second kappa shape index (κ2) is 3.66. The molecule has 0 spiro atoms. The SMILES string of the molecule is O=C1CCCN(CCF)C1. The molecule has 1 fully saturated rings. The highest BCUT2D eigenvalue weighted by Gasteiger charge is 2.15. The Morgan fingerprint density at radius 3 is 3.00 bits per heavy atom. The minimum atomic E-state index is -0.340. The molecule has 1 aliphatic heterocycles. The fourth-order valence-electron chi connectivity index (χ4n) is 1.22. The van der Waals surface area contributed by atoms with Gasteiger partial charge >= 0.3 is 0 Å². The molecular formula is C7H12FNO. The second-order valence-electron chi connectivity index (χ2n) is 2.61. The van der Waals surface area contributed by atoms with E-state index >= 15 is 0 Å². The van der Waals surface area contributed by atoms with Crippen LogP contribution in [0.4, 0.5) is 4.39 Å². The van der Waals surface area contributed by atoms with Gasteiger partial charge in [-0.2, -0.15) is 0 Å². The van der Waals surface area contributed by atoms with Crippen LogP contribution < -0.4 is 0 Å². The van der Waals surface area contributed by atoms with Crippen molar-refractivity contribution in [2.75, 3.05) is 26.3 Å². The van der Waals surface area contributed by atoms with Gasteiger partial charge in [-0.25, -0.2) is 4.39 Å². The predicted molar refractivity (Wildman–Crippen MR) is 36.7 cm³/mol. The highest BCUT2D eigenvalue weighted by Crippen LogP contribution is 2.04. The second-order valence-corrected chi connectivity index (χ2v) is 2.61. The van der Waals surface area contributed by atoms with Gasteiger partial charge < -0.3 is 0 Å². The molecule has 1 aliphatic rings. The number of carbonyl (C=O) groups excluding carboxylic acids is 1. The molecule has 0 aromatic heterocycles. The summed E-state index contributed by atoms with van der Waals surface area (Å²) in [6.45, 7) is 1.43. The molecule has 3 heteroatoms. The quantitative estimate of drug-likeness (QED) is 0.567. The van der Waals surface area contributed by atoms with Gasteiger partial charge in [0.15, 0.2) is 0 Å². The lowest BCUT2D eigenvalue weighted by atomic mass is 10.1. The Hall–Kier alpha value is -0.440. The fraction of sp³-hybridized carbons (Fsp3) is 0.857. The summed E-state index contributed by atoms with van der Waals surface area (Å²) in [4.78, 5) is 12.7. The molecule has 58 valence electrons. The van der Waals surface area contributed by atoms with Crippen LogP contribution in [0, 0.1) is 0 Å². The van der Waals surface area contributed by atoms with Crippen molar-refractivity contribution in [2.45, 2.75) is 12.8 Å². The number of hydrogen-bond acceptors (Lipinski definition) is 2. The summed E-state index contributed by atoms with van der Waals surface area (Å²) in [6, 6.07) is 0. The van der Waals surface area contributed by atoms with Gasteiger partial charge in [0.2, 0.25) is 0 Å². The van der Waals surface area contributed by atoms with E-state index in [0.717, 1.165) is 13.0 Å². The Morgan fingerprint density at radius 2 is 2.40 bits per heavy atom. The number of halogens is 1. The molecule has 1 saturated heterocycles. The standard InChI is InChI=1S/C7H12FNO/c8-3-5-9-4-1-2-7(10)6-9/h1-6H2. The van der Waals surface area contributed by atoms with Crippen molar-refractivity contribution in [3.8, 4) is 0 Å². The Balaban J connectivity index is 2.25. The molecule has 0 atom stereocenters. The largest absolute Gasteiger partial charge is 0.298 e. The molecule has 0 radical (unpaired) electrons. The number of alkyl halides is 1. The molecule has 0 unspecified atom stereocenters. The zero-order chi connectivity index (χ0) is 7.40. The Kier molecular flexibility index (Phi) is 2.81. The highest BCUT2D eigenvalue weighted by atomic mass is 19.1. The summed E-state index contributed by atoms with van der Waals surface area (Å²) in [5, 5.41) is 0. The molecule has 1 heterocycles. The van der Waals surface area contributed by atoms with Crippen molar-refractivity contribution in [1.82, 2.24) is 4.90 Å². The van der Waals surface area contributed by atoms with Crippen molar-refractivity contribution in [2.24, 2.45) is 0 Å². The minimum Gasteiger partial charge on any atom is -0.298 e. The fourth-order valence-corrected chi connectivity index (χ4v) is 1.22. The van der Waals surface area contributed by atoms with Crippen LogP contribution in [0.15, 0.2) is 0 Å². The number of likely N-dealkylation sites (tertiary alicyclic amines) is 1. The van der Waals surface area contributed by atoms with Crippen LogP contribution in [0.3, 0.4) is 0 Å². The van der Waals surface area contributed by atoms with Gasteiger partial charge in [-0.1, -0.05) is 0 Å². The van der Waals surface area contributed by atoms with Crippen molar-refractivity contribution >= 4 is 5.78 Å². The van der Waals surface area contributed by atoms with E-state index in [1.807, 2.05) is 4.90 Å². The first kappa shape index (κ1) is 7.66. The molecule has 0 aromatic rings. The van der Waals surface area contributed by atoms with E-state index in [9.17, 15) is 9.18 Å². The number of nitrogens with zero attached hydrogens (tertiary/aromatic N) is 1. The third-order valence-corrected chi connectivity index (χ3v) is 1.73. The van der Waals surface area contributed by atoms with Gasteiger partial charge in [0.25, 0.3) is 0 Å². The van der Waals surface area contributed by atoms with Crippen LogP contribution in [-0.4, -0.2) is 37.0 Å². The monoisotopic (exact) mass is 145 g/mol. The van der Waals surface area contributed by atoms with Gasteiger partial charge in [0, 0.05) is 13.0 Å². The van der Waals surface area contributed by atoms with Gasteiger partial charge in [-0.3, -0.25) is 9.69 Å². The van der Waals surface area contributed by atoms with E-state index in [1.54, 1.807) is 0 Å². The first-order valence-electron chi connectivity index (χ1n) is 3.63. The van der Waals surface area contributed by atoms with Crippen LogP contribution in [-0.2, 0) is 4.79 Å². The number of rotatable bonds is 2. The molecule has 0 N–H and O–H groups in total. The van der Waals surface area contributed by atoms with Crippen LogP contribution in [0.2, 0.25) is 0 Å². The van der Waals surface area contributed by atoms with Crippen LogP contribution in [0.5, 0.6) is 0 Å². The molecule has 1 rings (SSSR count). The third-order valence-electron chi connectivity index (χ3n) is 1.73. The van der Waals surface area contributed by atoms with E-state index < -0.39 is 0 Å². The molecule has 0 amide bonds. The summed E-state index contributed by atoms with van der Waals surface area (Å²) in [6.07, 6.45) is 1.58. The first-order valence-corrected chi connectivity index (χ1v) is 3.63. The van der Waals surface area contributed by atoms with E-state index in [0.29, 0.717) is 19.5 Å². The number of ketones is 1. The maximum absolute atomic E-state index is 11.8. The average molecular weight is 145 g/mol. The lowest BCUT2D eigenvalue weighted by Gasteiger charge is -2.23. The average Bonchev–Trinajstić information content (AvgIpc) is 1.88.